The second-order valence-electron chi connectivity index (χ2n) is 7.60. The Labute approximate surface area is 162 Å². The zero-order valence-electron chi connectivity index (χ0n) is 16.3. The van der Waals surface area contributed by atoms with Crippen LogP contribution in [0, 0.1) is 11.3 Å². The van der Waals surface area contributed by atoms with Gasteiger partial charge in [-0.05, 0) is 25.0 Å². The van der Waals surface area contributed by atoms with E-state index in [0.29, 0.717) is 24.5 Å². The van der Waals surface area contributed by atoms with Crippen molar-refractivity contribution < 1.29 is 32.6 Å². The Morgan fingerprint density at radius 3 is 2.61 bits per heavy atom. The topological polar surface area (TPSA) is 65.1 Å². The fraction of sp³-hybridized carbons (Fsp3) is 0.600. The van der Waals surface area contributed by atoms with Crippen LogP contribution in [0.1, 0.15) is 31.2 Å². The van der Waals surface area contributed by atoms with E-state index in [1.54, 1.807) is 30.2 Å². The van der Waals surface area contributed by atoms with Crippen molar-refractivity contribution in [1.82, 2.24) is 4.90 Å². The Balaban J connectivity index is 1.81. The molecular formula is C20H25F2NO5. The van der Waals surface area contributed by atoms with Gasteiger partial charge in [-0.1, -0.05) is 0 Å². The molecule has 0 radical (unpaired) electrons. The predicted molar refractivity (Wildman–Crippen MR) is 96.3 cm³/mol. The van der Waals surface area contributed by atoms with Gasteiger partial charge in [-0.25, -0.2) is 8.78 Å². The van der Waals surface area contributed by atoms with Crippen molar-refractivity contribution in [2.45, 2.75) is 38.2 Å². The van der Waals surface area contributed by atoms with Crippen molar-refractivity contribution in [3.05, 3.63) is 23.8 Å². The number of esters is 1. The summed E-state index contributed by atoms with van der Waals surface area (Å²) in [6.07, 6.45) is -0.693. The lowest BCUT2D eigenvalue weighted by Crippen LogP contribution is -2.46. The first-order chi connectivity index (χ1) is 13.2. The SMILES string of the molecule is COC(=O)[C@@H]1CC(F)(F)C[C@@]2(CCN(Cc3ccc(OC)cc3OC)C2=O)C1. The van der Waals surface area contributed by atoms with E-state index in [1.165, 1.54) is 14.2 Å². The second kappa shape index (κ2) is 7.56. The number of hydrogen-bond acceptors (Lipinski definition) is 5. The summed E-state index contributed by atoms with van der Waals surface area (Å²) in [5.74, 6) is -3.86. The van der Waals surface area contributed by atoms with Crippen LogP contribution >= 0.6 is 0 Å². The van der Waals surface area contributed by atoms with Gasteiger partial charge < -0.3 is 19.1 Å². The van der Waals surface area contributed by atoms with Crippen molar-refractivity contribution >= 4 is 11.9 Å². The van der Waals surface area contributed by atoms with Crippen LogP contribution in [0.4, 0.5) is 8.78 Å². The smallest absolute Gasteiger partial charge is 0.308 e. The van der Waals surface area contributed by atoms with Gasteiger partial charge >= 0.3 is 5.97 Å². The molecule has 154 valence electrons. The molecule has 1 aliphatic carbocycles. The molecule has 1 saturated carbocycles. The van der Waals surface area contributed by atoms with Gasteiger partial charge in [0.05, 0.1) is 32.7 Å². The lowest BCUT2D eigenvalue weighted by atomic mass is 9.67. The number of amides is 1. The van der Waals surface area contributed by atoms with E-state index in [0.717, 1.165) is 5.56 Å². The summed E-state index contributed by atoms with van der Waals surface area (Å²) in [6.45, 7) is 0.611. The van der Waals surface area contributed by atoms with Crippen LogP contribution in [0.2, 0.25) is 0 Å². The second-order valence-corrected chi connectivity index (χ2v) is 7.60. The summed E-state index contributed by atoms with van der Waals surface area (Å²) in [7, 11) is 4.25. The van der Waals surface area contributed by atoms with E-state index in [-0.39, 0.29) is 18.9 Å². The number of nitrogens with zero attached hydrogens (tertiary/aromatic N) is 1. The lowest BCUT2D eigenvalue weighted by Gasteiger charge is -2.39. The van der Waals surface area contributed by atoms with Crippen molar-refractivity contribution in [1.29, 1.82) is 0 Å². The molecule has 28 heavy (non-hydrogen) atoms. The van der Waals surface area contributed by atoms with Crippen molar-refractivity contribution in [3.63, 3.8) is 0 Å². The highest BCUT2D eigenvalue weighted by Crippen LogP contribution is 2.53. The third-order valence-electron chi connectivity index (χ3n) is 5.77. The summed E-state index contributed by atoms with van der Waals surface area (Å²) in [6, 6.07) is 5.27. The highest BCUT2D eigenvalue weighted by molar-refractivity contribution is 5.86. The minimum atomic E-state index is -3.07. The molecule has 2 atom stereocenters. The molecule has 2 aliphatic rings. The first kappa shape index (κ1) is 20.4. The molecule has 2 fully saturated rings. The number of halogens is 2. The fourth-order valence-corrected chi connectivity index (χ4v) is 4.46. The minimum absolute atomic E-state index is 0.102. The molecule has 6 nitrogen and oxygen atoms in total. The third-order valence-corrected chi connectivity index (χ3v) is 5.77. The molecule has 8 heteroatoms. The normalized spacial score (nSPS) is 26.4. The number of rotatable bonds is 5. The Morgan fingerprint density at radius 1 is 1.21 bits per heavy atom. The molecule has 0 bridgehead atoms. The summed E-state index contributed by atoms with van der Waals surface area (Å²) in [5, 5.41) is 0. The molecule has 1 aliphatic heterocycles. The third kappa shape index (κ3) is 3.77. The van der Waals surface area contributed by atoms with Gasteiger partial charge in [0.15, 0.2) is 0 Å². The number of hydrogen-bond donors (Lipinski definition) is 0. The van der Waals surface area contributed by atoms with Crippen LogP contribution in [0.25, 0.3) is 0 Å². The van der Waals surface area contributed by atoms with Crippen molar-refractivity contribution in [3.8, 4) is 11.5 Å². The molecular weight excluding hydrogens is 372 g/mol. The number of ether oxygens (including phenoxy) is 3. The van der Waals surface area contributed by atoms with E-state index in [9.17, 15) is 18.4 Å². The number of likely N-dealkylation sites (tertiary alicyclic amines) is 1. The molecule has 0 N–H and O–H groups in total. The summed E-state index contributed by atoms with van der Waals surface area (Å²) >= 11 is 0. The predicted octanol–water partition coefficient (Wildman–Crippen LogP) is 3.03. The van der Waals surface area contributed by atoms with Crippen LogP contribution in [-0.2, 0) is 20.9 Å². The van der Waals surface area contributed by atoms with Crippen LogP contribution in [0.3, 0.4) is 0 Å². The van der Waals surface area contributed by atoms with Gasteiger partial charge in [-0.3, -0.25) is 9.59 Å². The monoisotopic (exact) mass is 397 g/mol. The molecule has 3 rings (SSSR count). The molecule has 0 unspecified atom stereocenters. The molecule has 1 saturated heterocycles. The Bertz CT molecular complexity index is 769. The van der Waals surface area contributed by atoms with E-state index >= 15 is 0 Å². The van der Waals surface area contributed by atoms with Gasteiger partial charge in [0.2, 0.25) is 11.8 Å². The number of carbonyl (C=O) groups excluding carboxylic acids is 2. The quantitative estimate of drug-likeness (QED) is 0.715. The van der Waals surface area contributed by atoms with Crippen LogP contribution in [0.15, 0.2) is 18.2 Å². The number of benzene rings is 1. The van der Waals surface area contributed by atoms with Crippen LogP contribution in [0.5, 0.6) is 11.5 Å². The van der Waals surface area contributed by atoms with E-state index < -0.39 is 36.1 Å². The Hall–Kier alpha value is -2.38. The number of alkyl halides is 2. The van der Waals surface area contributed by atoms with Crippen molar-refractivity contribution in [2.24, 2.45) is 11.3 Å². The first-order valence-corrected chi connectivity index (χ1v) is 9.19. The zero-order valence-corrected chi connectivity index (χ0v) is 16.3. The van der Waals surface area contributed by atoms with E-state index in [4.69, 9.17) is 9.47 Å². The zero-order chi connectivity index (χ0) is 20.5. The minimum Gasteiger partial charge on any atom is -0.497 e. The van der Waals surface area contributed by atoms with E-state index in [1.807, 2.05) is 0 Å². The van der Waals surface area contributed by atoms with E-state index in [2.05, 4.69) is 4.74 Å². The molecule has 1 heterocycles. The largest absolute Gasteiger partial charge is 0.497 e. The average Bonchev–Trinajstić information content (AvgIpc) is 2.95. The van der Waals surface area contributed by atoms with Gasteiger partial charge in [0.1, 0.15) is 11.5 Å². The molecule has 1 aromatic carbocycles. The number of carbonyl (C=O) groups is 2. The first-order valence-electron chi connectivity index (χ1n) is 9.19. The fourth-order valence-electron chi connectivity index (χ4n) is 4.46. The van der Waals surface area contributed by atoms with Gasteiger partial charge in [0.25, 0.3) is 0 Å². The maximum absolute atomic E-state index is 14.4. The number of methoxy groups -OCH3 is 3. The van der Waals surface area contributed by atoms with Crippen LogP contribution in [-0.4, -0.2) is 50.6 Å². The summed E-state index contributed by atoms with van der Waals surface area (Å²) in [5.41, 5.74) is -0.457. The van der Waals surface area contributed by atoms with Gasteiger partial charge in [0, 0.05) is 37.6 Å². The summed E-state index contributed by atoms with van der Waals surface area (Å²) < 4.78 is 43.9. The maximum atomic E-state index is 14.4. The van der Waals surface area contributed by atoms with Crippen molar-refractivity contribution in [2.75, 3.05) is 27.9 Å². The average molecular weight is 397 g/mol. The van der Waals surface area contributed by atoms with Crippen LogP contribution < -0.4 is 9.47 Å². The lowest BCUT2D eigenvalue weighted by molar-refractivity contribution is -0.165. The maximum Gasteiger partial charge on any atom is 0.308 e. The molecule has 1 amide bonds. The molecule has 1 aromatic rings. The highest BCUT2D eigenvalue weighted by atomic mass is 19.3. The summed E-state index contributed by atoms with van der Waals surface area (Å²) in [4.78, 5) is 26.6. The van der Waals surface area contributed by atoms with Gasteiger partial charge in [-0.2, -0.15) is 0 Å². The molecule has 0 aromatic heterocycles. The Kier molecular flexibility index (Phi) is 5.50. The standard InChI is InChI=1S/C20H25F2NO5/c1-26-15-5-4-13(16(8-15)27-2)11-23-7-6-19(18(23)25)9-14(17(24)28-3)10-20(21,22)12-19/h4-5,8,14H,6-7,9-12H2,1-3H3/t14-,19+/m0/s1. The Morgan fingerprint density at radius 2 is 1.96 bits per heavy atom. The molecule has 1 spiro atoms. The van der Waals surface area contributed by atoms with Gasteiger partial charge in [-0.15, -0.1) is 0 Å². The highest BCUT2D eigenvalue weighted by Gasteiger charge is 2.58.